The molecule has 0 saturated heterocycles. The molecule has 1 fully saturated rings. The van der Waals surface area contributed by atoms with Crippen molar-refractivity contribution in [2.24, 2.45) is 0 Å². The SMILES string of the molecule is CC(C)(O)CNC(=O)C1(Br)CCC1. The Morgan fingerprint density at radius 3 is 2.46 bits per heavy atom. The van der Waals surface area contributed by atoms with Crippen LogP contribution in [0.4, 0.5) is 0 Å². The Kier molecular flexibility index (Phi) is 3.02. The molecule has 2 N–H and O–H groups in total. The van der Waals surface area contributed by atoms with Crippen molar-refractivity contribution in [3.8, 4) is 0 Å². The Bertz CT molecular complexity index is 206. The lowest BCUT2D eigenvalue weighted by Gasteiger charge is -2.35. The quantitative estimate of drug-likeness (QED) is 0.739. The number of amides is 1. The molecule has 76 valence electrons. The van der Waals surface area contributed by atoms with Crippen LogP contribution >= 0.6 is 15.9 Å². The fourth-order valence-electron chi connectivity index (χ4n) is 1.17. The van der Waals surface area contributed by atoms with E-state index in [-0.39, 0.29) is 10.2 Å². The summed E-state index contributed by atoms with van der Waals surface area (Å²) in [4.78, 5) is 11.5. The maximum absolute atomic E-state index is 11.5. The van der Waals surface area contributed by atoms with E-state index in [0.29, 0.717) is 6.54 Å². The highest BCUT2D eigenvalue weighted by Crippen LogP contribution is 2.40. The standard InChI is InChI=1S/C9H16BrNO2/c1-8(2,13)6-11-7(12)9(10)4-3-5-9/h13H,3-6H2,1-2H3,(H,11,12). The Hall–Kier alpha value is -0.0900. The minimum absolute atomic E-state index is 0.000810. The van der Waals surface area contributed by atoms with E-state index in [1.807, 2.05) is 0 Å². The molecular weight excluding hydrogens is 234 g/mol. The van der Waals surface area contributed by atoms with Gasteiger partial charge in [0.05, 0.1) is 5.60 Å². The highest BCUT2D eigenvalue weighted by Gasteiger charge is 2.41. The van der Waals surface area contributed by atoms with Crippen molar-refractivity contribution in [1.82, 2.24) is 5.32 Å². The van der Waals surface area contributed by atoms with Crippen molar-refractivity contribution < 1.29 is 9.90 Å². The molecule has 1 rings (SSSR count). The Balaban J connectivity index is 2.34. The molecule has 0 bridgehead atoms. The molecule has 0 radical (unpaired) electrons. The van der Waals surface area contributed by atoms with E-state index < -0.39 is 5.60 Å². The highest BCUT2D eigenvalue weighted by atomic mass is 79.9. The molecule has 4 heteroatoms. The van der Waals surface area contributed by atoms with E-state index in [1.165, 1.54) is 0 Å². The number of carbonyl (C=O) groups excluding carboxylic acids is 1. The van der Waals surface area contributed by atoms with Gasteiger partial charge >= 0.3 is 0 Å². The van der Waals surface area contributed by atoms with Gasteiger partial charge in [-0.05, 0) is 33.1 Å². The fraction of sp³-hybridized carbons (Fsp3) is 0.889. The van der Waals surface area contributed by atoms with Gasteiger partial charge < -0.3 is 10.4 Å². The van der Waals surface area contributed by atoms with Crippen LogP contribution in [0.15, 0.2) is 0 Å². The first-order valence-corrected chi connectivity index (χ1v) is 5.32. The highest BCUT2D eigenvalue weighted by molar-refractivity contribution is 9.10. The third-order valence-corrected chi connectivity index (χ3v) is 3.39. The van der Waals surface area contributed by atoms with Gasteiger partial charge in [-0.1, -0.05) is 15.9 Å². The number of halogens is 1. The largest absolute Gasteiger partial charge is 0.389 e. The lowest BCUT2D eigenvalue weighted by molar-refractivity contribution is -0.126. The van der Waals surface area contributed by atoms with Crippen molar-refractivity contribution >= 4 is 21.8 Å². The van der Waals surface area contributed by atoms with Crippen LogP contribution in [0, 0.1) is 0 Å². The summed E-state index contributed by atoms with van der Waals surface area (Å²) in [5, 5.41) is 12.1. The van der Waals surface area contributed by atoms with E-state index >= 15 is 0 Å². The average Bonchev–Trinajstić information content (AvgIpc) is 1.94. The summed E-state index contributed by atoms with van der Waals surface area (Å²) in [6, 6.07) is 0. The van der Waals surface area contributed by atoms with Crippen molar-refractivity contribution in [2.45, 2.75) is 43.0 Å². The van der Waals surface area contributed by atoms with E-state index in [0.717, 1.165) is 19.3 Å². The zero-order valence-electron chi connectivity index (χ0n) is 8.06. The predicted octanol–water partition coefficient (Wildman–Crippen LogP) is 1.19. The van der Waals surface area contributed by atoms with Gasteiger partial charge in [-0.3, -0.25) is 4.79 Å². The Morgan fingerprint density at radius 2 is 2.15 bits per heavy atom. The molecule has 0 atom stereocenters. The lowest BCUT2D eigenvalue weighted by Crippen LogP contribution is -2.50. The van der Waals surface area contributed by atoms with Crippen molar-refractivity contribution in [1.29, 1.82) is 0 Å². The molecule has 1 aliphatic rings. The lowest BCUT2D eigenvalue weighted by atomic mass is 9.84. The summed E-state index contributed by atoms with van der Waals surface area (Å²) >= 11 is 3.41. The van der Waals surface area contributed by atoms with E-state index in [2.05, 4.69) is 21.2 Å². The molecule has 0 aliphatic heterocycles. The molecule has 0 aromatic heterocycles. The number of carbonyl (C=O) groups is 1. The van der Waals surface area contributed by atoms with Gasteiger partial charge in [-0.25, -0.2) is 0 Å². The smallest absolute Gasteiger partial charge is 0.236 e. The van der Waals surface area contributed by atoms with Crippen LogP contribution in [0.2, 0.25) is 0 Å². The van der Waals surface area contributed by atoms with Gasteiger partial charge in [0.25, 0.3) is 0 Å². The van der Waals surface area contributed by atoms with E-state index in [9.17, 15) is 9.90 Å². The van der Waals surface area contributed by atoms with Crippen LogP contribution in [-0.2, 0) is 4.79 Å². The zero-order chi connectivity index (χ0) is 10.1. The second-order valence-electron chi connectivity index (χ2n) is 4.31. The van der Waals surface area contributed by atoms with Crippen LogP contribution in [0.3, 0.4) is 0 Å². The van der Waals surface area contributed by atoms with Crippen LogP contribution < -0.4 is 5.32 Å². The van der Waals surface area contributed by atoms with Gasteiger partial charge in [-0.2, -0.15) is 0 Å². The van der Waals surface area contributed by atoms with Gasteiger partial charge in [0.1, 0.15) is 4.32 Å². The van der Waals surface area contributed by atoms with Crippen LogP contribution in [0.1, 0.15) is 33.1 Å². The normalized spacial score (nSPS) is 20.6. The minimum Gasteiger partial charge on any atom is -0.389 e. The number of aliphatic hydroxyl groups is 1. The monoisotopic (exact) mass is 249 g/mol. The van der Waals surface area contributed by atoms with Crippen molar-refractivity contribution in [3.05, 3.63) is 0 Å². The summed E-state index contributed by atoms with van der Waals surface area (Å²) in [5.41, 5.74) is -0.831. The van der Waals surface area contributed by atoms with Crippen LogP contribution in [-0.4, -0.2) is 27.5 Å². The third kappa shape index (κ3) is 2.95. The summed E-state index contributed by atoms with van der Waals surface area (Å²) in [6.07, 6.45) is 2.89. The van der Waals surface area contributed by atoms with E-state index in [4.69, 9.17) is 0 Å². The molecular formula is C9H16BrNO2. The molecule has 0 heterocycles. The molecule has 3 nitrogen and oxygen atoms in total. The number of hydrogen-bond acceptors (Lipinski definition) is 2. The number of rotatable bonds is 3. The van der Waals surface area contributed by atoms with Crippen molar-refractivity contribution in [3.63, 3.8) is 0 Å². The number of hydrogen-bond donors (Lipinski definition) is 2. The van der Waals surface area contributed by atoms with Gasteiger partial charge in [-0.15, -0.1) is 0 Å². The topological polar surface area (TPSA) is 49.3 Å². The summed E-state index contributed by atoms with van der Waals surface area (Å²) < 4.78 is -0.349. The molecule has 13 heavy (non-hydrogen) atoms. The first-order chi connectivity index (χ1) is 5.83. The molecule has 0 aromatic carbocycles. The summed E-state index contributed by atoms with van der Waals surface area (Å²) in [6.45, 7) is 3.66. The maximum Gasteiger partial charge on any atom is 0.236 e. The van der Waals surface area contributed by atoms with E-state index in [1.54, 1.807) is 13.8 Å². The Morgan fingerprint density at radius 1 is 1.62 bits per heavy atom. The van der Waals surface area contributed by atoms with Crippen LogP contribution in [0.5, 0.6) is 0 Å². The molecule has 1 amide bonds. The average molecular weight is 250 g/mol. The summed E-state index contributed by atoms with van der Waals surface area (Å²) in [7, 11) is 0. The molecule has 1 saturated carbocycles. The van der Waals surface area contributed by atoms with Crippen LogP contribution in [0.25, 0.3) is 0 Å². The summed E-state index contributed by atoms with van der Waals surface area (Å²) in [5.74, 6) is 0.000810. The fourth-order valence-corrected chi connectivity index (χ4v) is 1.87. The minimum atomic E-state index is -0.831. The maximum atomic E-state index is 11.5. The zero-order valence-corrected chi connectivity index (χ0v) is 9.65. The second kappa shape index (κ2) is 3.58. The van der Waals surface area contributed by atoms with Crippen molar-refractivity contribution in [2.75, 3.05) is 6.54 Å². The van der Waals surface area contributed by atoms with Gasteiger partial charge in [0, 0.05) is 6.54 Å². The number of alkyl halides is 1. The molecule has 0 spiro atoms. The number of nitrogens with one attached hydrogen (secondary N) is 1. The Labute approximate surface area is 87.0 Å². The molecule has 0 unspecified atom stereocenters. The first-order valence-electron chi connectivity index (χ1n) is 4.53. The van der Waals surface area contributed by atoms with Gasteiger partial charge in [0.15, 0.2) is 0 Å². The third-order valence-electron chi connectivity index (χ3n) is 2.23. The molecule has 0 aromatic rings. The predicted molar refractivity (Wildman–Crippen MR) is 54.8 cm³/mol. The second-order valence-corrected chi connectivity index (χ2v) is 5.83. The molecule has 1 aliphatic carbocycles. The first kappa shape index (κ1) is 11.0. The van der Waals surface area contributed by atoms with Gasteiger partial charge in [0.2, 0.25) is 5.91 Å².